The number of hydrogen-bond acceptors (Lipinski definition) is 4. The highest BCUT2D eigenvalue weighted by atomic mass is 19.3. The molecule has 1 aromatic carbocycles. The number of benzene rings is 1. The molecule has 1 aromatic heterocycles. The van der Waals surface area contributed by atoms with Gasteiger partial charge in [0.05, 0.1) is 11.4 Å². The molecule has 1 fully saturated rings. The lowest BCUT2D eigenvalue weighted by atomic mass is 9.83. The standard InChI is InChI=1S/C22H21F4N3O/c1-30-21-28-10-2-12-29(21)20-16(17-13-15(23)3-4-18(17)24)7-11-27-19(20)14-5-8-22(25,26)9-6-14/h2-4,7,10-14,21H,5-6,8-9H2,1H3. The molecule has 1 atom stereocenters. The van der Waals surface area contributed by atoms with Gasteiger partial charge in [-0.1, -0.05) is 0 Å². The van der Waals surface area contributed by atoms with Crippen LogP contribution in [0.25, 0.3) is 11.1 Å². The van der Waals surface area contributed by atoms with Crippen LogP contribution >= 0.6 is 0 Å². The molecular weight excluding hydrogens is 398 g/mol. The van der Waals surface area contributed by atoms with Gasteiger partial charge in [-0.25, -0.2) is 22.6 Å². The van der Waals surface area contributed by atoms with Crippen molar-refractivity contribution in [3.05, 3.63) is 60.1 Å². The predicted octanol–water partition coefficient (Wildman–Crippen LogP) is 5.65. The number of pyridine rings is 1. The van der Waals surface area contributed by atoms with Crippen molar-refractivity contribution in [1.82, 2.24) is 4.98 Å². The molecule has 0 saturated heterocycles. The third kappa shape index (κ3) is 3.96. The van der Waals surface area contributed by atoms with Crippen molar-refractivity contribution in [1.29, 1.82) is 0 Å². The third-order valence-corrected chi connectivity index (χ3v) is 5.53. The lowest BCUT2D eigenvalue weighted by molar-refractivity contribution is -0.0384. The summed E-state index contributed by atoms with van der Waals surface area (Å²) in [5.74, 6) is -4.10. The Hall–Kier alpha value is -2.74. The van der Waals surface area contributed by atoms with Gasteiger partial charge in [0.25, 0.3) is 0 Å². The van der Waals surface area contributed by atoms with Crippen LogP contribution in [0, 0.1) is 11.6 Å². The second-order valence-corrected chi connectivity index (χ2v) is 7.46. The fourth-order valence-corrected chi connectivity index (χ4v) is 4.03. The van der Waals surface area contributed by atoms with Gasteiger partial charge < -0.3 is 9.64 Å². The minimum Gasteiger partial charge on any atom is -0.342 e. The number of rotatable bonds is 4. The SMILES string of the molecule is COC1N=CC=CN1c1c(-c2cc(F)ccc2F)ccnc1C1CCC(F)(F)CC1. The first-order valence-corrected chi connectivity index (χ1v) is 9.73. The van der Waals surface area contributed by atoms with Crippen LogP contribution in [0.5, 0.6) is 0 Å². The maximum Gasteiger partial charge on any atom is 0.248 e. The zero-order chi connectivity index (χ0) is 21.3. The van der Waals surface area contributed by atoms with Gasteiger partial charge in [0.15, 0.2) is 0 Å². The summed E-state index contributed by atoms with van der Waals surface area (Å²) in [6.45, 7) is 0. The molecule has 0 bridgehead atoms. The van der Waals surface area contributed by atoms with E-state index in [9.17, 15) is 17.6 Å². The largest absolute Gasteiger partial charge is 0.342 e. The Morgan fingerprint density at radius 3 is 2.60 bits per heavy atom. The van der Waals surface area contributed by atoms with Crippen LogP contribution in [0.1, 0.15) is 37.3 Å². The first-order valence-electron chi connectivity index (χ1n) is 9.73. The molecule has 2 aromatic rings. The smallest absolute Gasteiger partial charge is 0.248 e. The van der Waals surface area contributed by atoms with Gasteiger partial charge in [0, 0.05) is 55.6 Å². The molecule has 2 heterocycles. The van der Waals surface area contributed by atoms with Gasteiger partial charge in [0.2, 0.25) is 12.3 Å². The molecule has 0 N–H and O–H groups in total. The molecule has 1 aliphatic heterocycles. The highest BCUT2D eigenvalue weighted by Gasteiger charge is 2.38. The Morgan fingerprint density at radius 2 is 1.87 bits per heavy atom. The van der Waals surface area contributed by atoms with Crippen molar-refractivity contribution >= 4 is 11.9 Å². The summed E-state index contributed by atoms with van der Waals surface area (Å²) >= 11 is 0. The number of allylic oxidation sites excluding steroid dienone is 1. The molecule has 158 valence electrons. The Kier molecular flexibility index (Phi) is 5.60. The fraction of sp³-hybridized carbons (Fsp3) is 0.364. The second kappa shape index (κ2) is 8.18. The minimum atomic E-state index is -2.69. The first kappa shape index (κ1) is 20.5. The van der Waals surface area contributed by atoms with Gasteiger partial charge in [-0.2, -0.15) is 0 Å². The second-order valence-electron chi connectivity index (χ2n) is 7.46. The molecular formula is C22H21F4N3O. The minimum absolute atomic E-state index is 0.0626. The Balaban J connectivity index is 1.88. The molecule has 4 rings (SSSR count). The van der Waals surface area contributed by atoms with Crippen LogP contribution in [0.2, 0.25) is 0 Å². The van der Waals surface area contributed by atoms with E-state index in [0.717, 1.165) is 18.2 Å². The molecule has 0 amide bonds. The van der Waals surface area contributed by atoms with E-state index in [4.69, 9.17) is 4.74 Å². The van der Waals surface area contributed by atoms with Crippen LogP contribution in [0.3, 0.4) is 0 Å². The van der Waals surface area contributed by atoms with E-state index in [2.05, 4.69) is 9.98 Å². The van der Waals surface area contributed by atoms with Crippen molar-refractivity contribution in [3.8, 4) is 11.1 Å². The zero-order valence-electron chi connectivity index (χ0n) is 16.4. The van der Waals surface area contributed by atoms with E-state index in [0.29, 0.717) is 16.9 Å². The Labute approximate surface area is 171 Å². The van der Waals surface area contributed by atoms with Crippen LogP contribution in [-0.2, 0) is 4.74 Å². The van der Waals surface area contributed by atoms with Crippen molar-refractivity contribution in [2.75, 3.05) is 12.0 Å². The van der Waals surface area contributed by atoms with E-state index in [1.54, 1.807) is 29.5 Å². The van der Waals surface area contributed by atoms with Gasteiger partial charge in [-0.3, -0.25) is 4.98 Å². The van der Waals surface area contributed by atoms with E-state index in [1.165, 1.54) is 13.3 Å². The molecule has 2 aliphatic rings. The first-order chi connectivity index (χ1) is 14.4. The summed E-state index contributed by atoms with van der Waals surface area (Å²) < 4.78 is 61.5. The van der Waals surface area contributed by atoms with Gasteiger partial charge in [-0.15, -0.1) is 0 Å². The van der Waals surface area contributed by atoms with Crippen molar-refractivity contribution < 1.29 is 22.3 Å². The van der Waals surface area contributed by atoms with E-state index in [1.807, 2.05) is 0 Å². The number of aliphatic imine (C=N–C) groups is 1. The van der Waals surface area contributed by atoms with E-state index in [-0.39, 0.29) is 37.2 Å². The summed E-state index contributed by atoms with van der Waals surface area (Å²) in [4.78, 5) is 10.4. The van der Waals surface area contributed by atoms with Crippen LogP contribution in [0.15, 0.2) is 47.7 Å². The maximum absolute atomic E-state index is 14.7. The number of anilines is 1. The summed E-state index contributed by atoms with van der Waals surface area (Å²) in [6.07, 6.45) is 5.76. The number of aromatic nitrogens is 1. The molecule has 1 unspecified atom stereocenters. The van der Waals surface area contributed by atoms with Crippen LogP contribution in [0.4, 0.5) is 23.2 Å². The maximum atomic E-state index is 14.7. The Bertz CT molecular complexity index is 982. The van der Waals surface area contributed by atoms with Gasteiger partial charge in [-0.05, 0) is 43.2 Å². The van der Waals surface area contributed by atoms with E-state index >= 15 is 0 Å². The predicted molar refractivity (Wildman–Crippen MR) is 107 cm³/mol. The summed E-state index contributed by atoms with van der Waals surface area (Å²) in [7, 11) is 1.48. The Morgan fingerprint density at radius 1 is 1.10 bits per heavy atom. The molecule has 8 heteroatoms. The van der Waals surface area contributed by atoms with Gasteiger partial charge >= 0.3 is 0 Å². The van der Waals surface area contributed by atoms with Crippen LogP contribution < -0.4 is 4.90 Å². The quantitative estimate of drug-likeness (QED) is 0.601. The monoisotopic (exact) mass is 419 g/mol. The van der Waals surface area contributed by atoms with Gasteiger partial charge in [0.1, 0.15) is 11.6 Å². The number of halogens is 4. The molecule has 0 spiro atoms. The molecule has 4 nitrogen and oxygen atoms in total. The number of nitrogens with zero attached hydrogens (tertiary/aromatic N) is 3. The zero-order valence-corrected chi connectivity index (χ0v) is 16.4. The molecule has 0 radical (unpaired) electrons. The van der Waals surface area contributed by atoms with E-state index < -0.39 is 23.9 Å². The van der Waals surface area contributed by atoms with Crippen molar-refractivity contribution in [2.24, 2.45) is 4.99 Å². The molecule has 1 saturated carbocycles. The average molecular weight is 419 g/mol. The highest BCUT2D eigenvalue weighted by molar-refractivity contribution is 5.84. The fourth-order valence-electron chi connectivity index (χ4n) is 4.03. The summed E-state index contributed by atoms with van der Waals surface area (Å²) in [6, 6.07) is 4.82. The number of methoxy groups -OCH3 is 1. The molecule has 30 heavy (non-hydrogen) atoms. The number of alkyl halides is 2. The lowest BCUT2D eigenvalue weighted by Crippen LogP contribution is -2.34. The lowest BCUT2D eigenvalue weighted by Gasteiger charge is -2.35. The number of hydrogen-bond donors (Lipinski definition) is 0. The van der Waals surface area contributed by atoms with Crippen molar-refractivity contribution in [3.63, 3.8) is 0 Å². The molecule has 1 aliphatic carbocycles. The normalized spacial score (nSPS) is 21.2. The average Bonchev–Trinajstić information content (AvgIpc) is 2.75. The summed E-state index contributed by atoms with van der Waals surface area (Å²) in [5, 5.41) is 0. The third-order valence-electron chi connectivity index (χ3n) is 5.53. The highest BCUT2D eigenvalue weighted by Crippen LogP contribution is 2.46. The van der Waals surface area contributed by atoms with Crippen LogP contribution in [-0.4, -0.2) is 30.6 Å². The summed E-state index contributed by atoms with van der Waals surface area (Å²) in [5.41, 5.74) is 1.50. The number of ether oxygens (including phenoxy) is 1. The van der Waals surface area contributed by atoms with Crippen molar-refractivity contribution in [2.45, 2.75) is 43.9 Å². The topological polar surface area (TPSA) is 37.7 Å².